The van der Waals surface area contributed by atoms with Crippen molar-refractivity contribution >= 4 is 40.6 Å². The van der Waals surface area contributed by atoms with Crippen LogP contribution in [0.3, 0.4) is 0 Å². The highest BCUT2D eigenvalue weighted by Crippen LogP contribution is 2.34. The third kappa shape index (κ3) is 6.93. The predicted molar refractivity (Wildman–Crippen MR) is 145 cm³/mol. The summed E-state index contributed by atoms with van der Waals surface area (Å²) >= 11 is 6.92. The zero-order valence-electron chi connectivity index (χ0n) is 20.8. The molecular weight excluding hydrogens is 513 g/mol. The second kappa shape index (κ2) is 11.4. The van der Waals surface area contributed by atoms with E-state index in [0.29, 0.717) is 29.4 Å². The summed E-state index contributed by atoms with van der Waals surface area (Å²) in [6.07, 6.45) is 1.65. The predicted octanol–water partition coefficient (Wildman–Crippen LogP) is 7.47. The molecule has 0 saturated carbocycles. The Kier molecular flexibility index (Phi) is 8.25. The van der Waals surface area contributed by atoms with Gasteiger partial charge in [-0.15, -0.1) is 0 Å². The van der Waals surface area contributed by atoms with Gasteiger partial charge in [0.1, 0.15) is 30.5 Å². The lowest BCUT2D eigenvalue weighted by molar-refractivity contribution is -0.123. The molecule has 0 aliphatic carbocycles. The van der Waals surface area contributed by atoms with Crippen molar-refractivity contribution in [3.63, 3.8) is 0 Å². The smallest absolute Gasteiger partial charge is 0.293 e. The molecule has 3 aromatic carbocycles. The molecule has 0 N–H and O–H groups in total. The van der Waals surface area contributed by atoms with Crippen LogP contribution in [0.25, 0.3) is 6.08 Å². The van der Waals surface area contributed by atoms with Crippen molar-refractivity contribution < 1.29 is 23.5 Å². The van der Waals surface area contributed by atoms with Crippen molar-refractivity contribution in [2.45, 2.75) is 32.7 Å². The number of nitrogens with zero attached hydrogens (tertiary/aromatic N) is 1. The molecule has 0 bridgehead atoms. The van der Waals surface area contributed by atoms with Crippen molar-refractivity contribution in [1.82, 2.24) is 4.90 Å². The number of ether oxygens (including phenoxy) is 2. The summed E-state index contributed by atoms with van der Waals surface area (Å²) < 4.78 is 24.9. The first kappa shape index (κ1) is 26.8. The standard InChI is InChI=1S/C29H27ClFNO4S/c1-29(2,3)21-8-11-23(12-9-21)35-13-14-36-24-6-4-5-19(15-24)16-26-27(33)32(28(34)37-26)18-20-7-10-22(31)17-25(20)30/h4-12,15-17H,13-14,18H2,1-3H3/b26-16-. The number of rotatable bonds is 8. The minimum Gasteiger partial charge on any atom is -0.490 e. The van der Waals surface area contributed by atoms with Gasteiger partial charge >= 0.3 is 0 Å². The van der Waals surface area contributed by atoms with E-state index in [0.717, 1.165) is 34.0 Å². The number of halogens is 2. The van der Waals surface area contributed by atoms with E-state index in [4.69, 9.17) is 21.1 Å². The second-order valence-corrected chi connectivity index (χ2v) is 10.9. The van der Waals surface area contributed by atoms with Crippen LogP contribution in [-0.4, -0.2) is 29.3 Å². The average molecular weight is 540 g/mol. The average Bonchev–Trinajstić information content (AvgIpc) is 3.10. The molecule has 3 aromatic rings. The summed E-state index contributed by atoms with van der Waals surface area (Å²) in [7, 11) is 0. The molecular formula is C29H27ClFNO4S. The molecule has 0 atom stereocenters. The minimum atomic E-state index is -0.480. The van der Waals surface area contributed by atoms with Crippen LogP contribution >= 0.6 is 23.4 Å². The van der Waals surface area contributed by atoms with Gasteiger partial charge in [0.2, 0.25) is 0 Å². The minimum absolute atomic E-state index is 0.0246. The molecule has 1 saturated heterocycles. The largest absolute Gasteiger partial charge is 0.490 e. The SMILES string of the molecule is CC(C)(C)c1ccc(OCCOc2cccc(/C=C3\SC(=O)N(Cc4ccc(F)cc4Cl)C3=O)c2)cc1. The zero-order valence-corrected chi connectivity index (χ0v) is 22.4. The number of carbonyl (C=O) groups excluding carboxylic acids is 2. The van der Waals surface area contributed by atoms with Gasteiger partial charge < -0.3 is 9.47 Å². The quantitative estimate of drug-likeness (QED) is 0.219. The van der Waals surface area contributed by atoms with Gasteiger partial charge in [-0.2, -0.15) is 0 Å². The summed E-state index contributed by atoms with van der Waals surface area (Å²) in [5, 5.41) is -0.240. The summed E-state index contributed by atoms with van der Waals surface area (Å²) in [6, 6.07) is 19.2. The van der Waals surface area contributed by atoms with Crippen molar-refractivity contribution in [3.05, 3.63) is 99.2 Å². The van der Waals surface area contributed by atoms with E-state index in [1.165, 1.54) is 17.7 Å². The van der Waals surface area contributed by atoms with Crippen LogP contribution in [0.2, 0.25) is 5.02 Å². The van der Waals surface area contributed by atoms with Crippen LogP contribution in [-0.2, 0) is 16.8 Å². The van der Waals surface area contributed by atoms with Crippen LogP contribution in [0.15, 0.2) is 71.6 Å². The fraction of sp³-hybridized carbons (Fsp3) is 0.241. The molecule has 0 unspecified atom stereocenters. The highest BCUT2D eigenvalue weighted by molar-refractivity contribution is 8.18. The molecule has 0 radical (unpaired) electrons. The fourth-order valence-electron chi connectivity index (χ4n) is 3.67. The van der Waals surface area contributed by atoms with Gasteiger partial charge in [-0.1, -0.05) is 62.7 Å². The van der Waals surface area contributed by atoms with Crippen LogP contribution in [0.4, 0.5) is 9.18 Å². The van der Waals surface area contributed by atoms with Gasteiger partial charge in [0.25, 0.3) is 11.1 Å². The lowest BCUT2D eigenvalue weighted by Gasteiger charge is -2.19. The molecule has 192 valence electrons. The Balaban J connectivity index is 1.33. The van der Waals surface area contributed by atoms with Gasteiger partial charge in [0.15, 0.2) is 0 Å². The Hall–Kier alpha value is -3.29. The number of benzene rings is 3. The number of hydrogen-bond donors (Lipinski definition) is 0. The van der Waals surface area contributed by atoms with Crippen LogP contribution in [0.1, 0.15) is 37.5 Å². The molecule has 2 amide bonds. The normalized spacial score (nSPS) is 14.9. The number of imide groups is 1. The first-order valence-corrected chi connectivity index (χ1v) is 12.9. The maximum Gasteiger partial charge on any atom is 0.293 e. The summed E-state index contributed by atoms with van der Waals surface area (Å²) in [5.41, 5.74) is 2.55. The van der Waals surface area contributed by atoms with Crippen LogP contribution in [0, 0.1) is 5.82 Å². The van der Waals surface area contributed by atoms with Crippen LogP contribution < -0.4 is 9.47 Å². The topological polar surface area (TPSA) is 55.8 Å². The summed E-state index contributed by atoms with van der Waals surface area (Å²) in [5.74, 6) is 0.500. The maximum atomic E-state index is 13.3. The first-order chi connectivity index (χ1) is 17.6. The monoisotopic (exact) mass is 539 g/mol. The highest BCUT2D eigenvalue weighted by Gasteiger charge is 2.35. The third-order valence-electron chi connectivity index (χ3n) is 5.71. The summed E-state index contributed by atoms with van der Waals surface area (Å²) in [4.78, 5) is 26.7. The molecule has 1 aliphatic rings. The maximum absolute atomic E-state index is 13.3. The zero-order chi connectivity index (χ0) is 26.6. The van der Waals surface area contributed by atoms with Crippen molar-refractivity contribution in [3.8, 4) is 11.5 Å². The summed E-state index contributed by atoms with van der Waals surface area (Å²) in [6.45, 7) is 7.20. The Morgan fingerprint density at radius 2 is 1.65 bits per heavy atom. The molecule has 1 aliphatic heterocycles. The van der Waals surface area contributed by atoms with Gasteiger partial charge in [0.05, 0.1) is 11.4 Å². The van der Waals surface area contributed by atoms with Gasteiger partial charge in [-0.3, -0.25) is 14.5 Å². The molecule has 1 heterocycles. The van der Waals surface area contributed by atoms with Crippen molar-refractivity contribution in [2.75, 3.05) is 13.2 Å². The third-order valence-corrected chi connectivity index (χ3v) is 6.97. The molecule has 37 heavy (non-hydrogen) atoms. The van der Waals surface area contributed by atoms with E-state index in [2.05, 4.69) is 32.9 Å². The van der Waals surface area contributed by atoms with Gasteiger partial charge in [0, 0.05) is 5.02 Å². The second-order valence-electron chi connectivity index (χ2n) is 9.55. The van der Waals surface area contributed by atoms with E-state index in [1.54, 1.807) is 12.1 Å². The van der Waals surface area contributed by atoms with Gasteiger partial charge in [-0.05, 0) is 76.3 Å². The first-order valence-electron chi connectivity index (χ1n) is 11.8. The van der Waals surface area contributed by atoms with E-state index in [9.17, 15) is 14.0 Å². The van der Waals surface area contributed by atoms with Crippen molar-refractivity contribution in [1.29, 1.82) is 0 Å². The number of thioether (sulfide) groups is 1. The lowest BCUT2D eigenvalue weighted by Crippen LogP contribution is -2.27. The van der Waals surface area contributed by atoms with E-state index in [1.807, 2.05) is 30.3 Å². The molecule has 0 spiro atoms. The molecule has 8 heteroatoms. The highest BCUT2D eigenvalue weighted by atomic mass is 35.5. The number of amides is 2. The van der Waals surface area contributed by atoms with E-state index >= 15 is 0 Å². The molecule has 0 aromatic heterocycles. The Labute approximate surface area is 225 Å². The van der Waals surface area contributed by atoms with Crippen molar-refractivity contribution in [2.24, 2.45) is 0 Å². The fourth-order valence-corrected chi connectivity index (χ4v) is 4.74. The molecule has 1 fully saturated rings. The number of carbonyl (C=O) groups is 2. The Morgan fingerprint density at radius 3 is 2.32 bits per heavy atom. The van der Waals surface area contributed by atoms with E-state index < -0.39 is 17.0 Å². The number of hydrogen-bond acceptors (Lipinski definition) is 5. The lowest BCUT2D eigenvalue weighted by atomic mass is 9.87. The Bertz CT molecular complexity index is 1330. The molecule has 4 rings (SSSR count). The molecule has 5 nitrogen and oxygen atoms in total. The van der Waals surface area contributed by atoms with Gasteiger partial charge in [-0.25, -0.2) is 4.39 Å². The van der Waals surface area contributed by atoms with Crippen LogP contribution in [0.5, 0.6) is 11.5 Å². The van der Waals surface area contributed by atoms with E-state index in [-0.39, 0.29) is 17.0 Å². The Morgan fingerprint density at radius 1 is 0.946 bits per heavy atom.